The second-order valence-electron chi connectivity index (χ2n) is 3.32. The van der Waals surface area contributed by atoms with E-state index in [1.165, 1.54) is 10.3 Å². The first-order valence-corrected chi connectivity index (χ1v) is 7.76. The molecule has 0 aliphatic carbocycles. The minimum Gasteiger partial charge on any atom is -0.342 e. The lowest BCUT2D eigenvalue weighted by atomic mass is 10.2. The molecule has 4 nitrogen and oxygen atoms in total. The Hall–Kier alpha value is -0.590. The SMILES string of the molecule is CCN(C)C(=O)c1csc(S(=O)(=O)Cl)c1C. The van der Waals surface area contributed by atoms with Gasteiger partial charge in [0, 0.05) is 29.7 Å². The monoisotopic (exact) mass is 281 g/mol. The first-order valence-electron chi connectivity index (χ1n) is 4.57. The second kappa shape index (κ2) is 4.73. The van der Waals surface area contributed by atoms with Gasteiger partial charge in [-0.1, -0.05) is 0 Å². The normalized spacial score (nSPS) is 11.5. The Balaban J connectivity index is 3.20. The number of amides is 1. The van der Waals surface area contributed by atoms with Gasteiger partial charge in [0.2, 0.25) is 0 Å². The van der Waals surface area contributed by atoms with Crippen LogP contribution >= 0.6 is 22.0 Å². The molecular weight excluding hydrogens is 270 g/mol. The summed E-state index contributed by atoms with van der Waals surface area (Å²) in [5.41, 5.74) is 0.818. The summed E-state index contributed by atoms with van der Waals surface area (Å²) < 4.78 is 22.4. The summed E-state index contributed by atoms with van der Waals surface area (Å²) in [6.45, 7) is 4.00. The van der Waals surface area contributed by atoms with Crippen molar-refractivity contribution in [3.05, 3.63) is 16.5 Å². The van der Waals surface area contributed by atoms with E-state index in [9.17, 15) is 13.2 Å². The summed E-state index contributed by atoms with van der Waals surface area (Å²) in [5, 5.41) is 1.53. The molecule has 0 aliphatic heterocycles. The summed E-state index contributed by atoms with van der Waals surface area (Å²) >= 11 is 0.972. The highest BCUT2D eigenvalue weighted by molar-refractivity contribution is 8.15. The van der Waals surface area contributed by atoms with Crippen LogP contribution in [0.1, 0.15) is 22.8 Å². The average molecular weight is 282 g/mol. The molecule has 0 fully saturated rings. The molecule has 1 rings (SSSR count). The number of rotatable bonds is 3. The Morgan fingerprint density at radius 2 is 2.12 bits per heavy atom. The highest BCUT2D eigenvalue weighted by Gasteiger charge is 2.23. The molecule has 0 radical (unpaired) electrons. The molecule has 1 aromatic heterocycles. The van der Waals surface area contributed by atoms with E-state index in [4.69, 9.17) is 10.7 Å². The topological polar surface area (TPSA) is 54.5 Å². The van der Waals surface area contributed by atoms with Crippen LogP contribution in [0.3, 0.4) is 0 Å². The molecule has 0 saturated heterocycles. The van der Waals surface area contributed by atoms with Crippen LogP contribution in [-0.4, -0.2) is 32.8 Å². The van der Waals surface area contributed by atoms with Crippen LogP contribution in [0.15, 0.2) is 9.59 Å². The fourth-order valence-corrected chi connectivity index (χ4v) is 3.74. The molecule has 1 aromatic rings. The van der Waals surface area contributed by atoms with E-state index >= 15 is 0 Å². The summed E-state index contributed by atoms with van der Waals surface area (Å²) in [5.74, 6) is -0.192. The molecule has 0 N–H and O–H groups in total. The van der Waals surface area contributed by atoms with Gasteiger partial charge in [0.25, 0.3) is 15.0 Å². The molecule has 90 valence electrons. The van der Waals surface area contributed by atoms with Crippen molar-refractivity contribution < 1.29 is 13.2 Å². The zero-order valence-electron chi connectivity index (χ0n) is 9.15. The lowest BCUT2D eigenvalue weighted by molar-refractivity contribution is 0.0802. The molecule has 0 bridgehead atoms. The predicted molar refractivity (Wildman–Crippen MR) is 64.7 cm³/mol. The number of carbonyl (C=O) groups excluding carboxylic acids is 1. The smallest absolute Gasteiger partial charge is 0.271 e. The Bertz CT molecular complexity index is 507. The van der Waals surface area contributed by atoms with E-state index < -0.39 is 9.05 Å². The number of carbonyl (C=O) groups is 1. The summed E-state index contributed by atoms with van der Waals surface area (Å²) in [6.07, 6.45) is 0. The minimum atomic E-state index is -3.76. The van der Waals surface area contributed by atoms with Gasteiger partial charge in [-0.25, -0.2) is 8.42 Å². The van der Waals surface area contributed by atoms with Crippen molar-refractivity contribution in [3.63, 3.8) is 0 Å². The van der Waals surface area contributed by atoms with Crippen molar-refractivity contribution >= 4 is 37.0 Å². The Kier molecular flexibility index (Phi) is 3.98. The Morgan fingerprint density at radius 1 is 1.56 bits per heavy atom. The van der Waals surface area contributed by atoms with Crippen LogP contribution in [0.5, 0.6) is 0 Å². The Labute approximate surface area is 103 Å². The first-order chi connectivity index (χ1) is 7.29. The molecule has 0 unspecified atom stereocenters. The lowest BCUT2D eigenvalue weighted by Gasteiger charge is -2.13. The zero-order chi connectivity index (χ0) is 12.5. The third-order valence-electron chi connectivity index (χ3n) is 2.27. The quantitative estimate of drug-likeness (QED) is 0.797. The number of nitrogens with zero attached hydrogens (tertiary/aromatic N) is 1. The molecule has 1 heterocycles. The summed E-state index contributed by atoms with van der Waals surface area (Å²) in [6, 6.07) is 0. The number of halogens is 1. The molecule has 0 atom stereocenters. The van der Waals surface area contributed by atoms with Crippen LogP contribution in [-0.2, 0) is 9.05 Å². The fraction of sp³-hybridized carbons (Fsp3) is 0.444. The minimum absolute atomic E-state index is 0.0435. The van der Waals surface area contributed by atoms with Crippen LogP contribution in [0.4, 0.5) is 0 Å². The van der Waals surface area contributed by atoms with Crippen molar-refractivity contribution in [2.24, 2.45) is 0 Å². The largest absolute Gasteiger partial charge is 0.342 e. The fourth-order valence-electron chi connectivity index (χ4n) is 1.20. The van der Waals surface area contributed by atoms with Gasteiger partial charge >= 0.3 is 0 Å². The van der Waals surface area contributed by atoms with Gasteiger partial charge in [-0.2, -0.15) is 0 Å². The zero-order valence-corrected chi connectivity index (χ0v) is 11.5. The van der Waals surface area contributed by atoms with Crippen LogP contribution in [0, 0.1) is 6.92 Å². The predicted octanol–water partition coefficient (Wildman–Crippen LogP) is 2.08. The van der Waals surface area contributed by atoms with Crippen molar-refractivity contribution in [2.45, 2.75) is 18.1 Å². The van der Waals surface area contributed by atoms with Crippen molar-refractivity contribution in [1.82, 2.24) is 4.90 Å². The maximum absolute atomic E-state index is 11.8. The average Bonchev–Trinajstić information content (AvgIpc) is 2.57. The van der Waals surface area contributed by atoms with Gasteiger partial charge < -0.3 is 4.90 Å². The highest BCUT2D eigenvalue weighted by Crippen LogP contribution is 2.29. The van der Waals surface area contributed by atoms with E-state index in [0.29, 0.717) is 17.7 Å². The van der Waals surface area contributed by atoms with Gasteiger partial charge in [-0.05, 0) is 19.4 Å². The van der Waals surface area contributed by atoms with Gasteiger partial charge in [0.1, 0.15) is 4.21 Å². The number of hydrogen-bond acceptors (Lipinski definition) is 4. The second-order valence-corrected chi connectivity index (χ2v) is 6.96. The third-order valence-corrected chi connectivity index (χ3v) is 5.57. The third kappa shape index (κ3) is 2.56. The standard InChI is InChI=1S/C9H12ClNO3S2/c1-4-11(3)8(12)7-5-15-9(6(7)2)16(10,13)14/h5H,4H2,1-3H3. The molecule has 0 aliphatic rings. The molecule has 0 aromatic carbocycles. The van der Waals surface area contributed by atoms with Crippen molar-refractivity contribution in [3.8, 4) is 0 Å². The molecule has 1 amide bonds. The van der Waals surface area contributed by atoms with E-state index in [2.05, 4.69) is 0 Å². The maximum atomic E-state index is 11.8. The van der Waals surface area contributed by atoms with Crippen molar-refractivity contribution in [2.75, 3.05) is 13.6 Å². The van der Waals surface area contributed by atoms with E-state index in [0.717, 1.165) is 11.3 Å². The molecular formula is C9H12ClNO3S2. The van der Waals surface area contributed by atoms with E-state index in [1.807, 2.05) is 6.92 Å². The molecule has 0 spiro atoms. The summed E-state index contributed by atoms with van der Waals surface area (Å²) in [7, 11) is 3.16. The van der Waals surface area contributed by atoms with E-state index in [-0.39, 0.29) is 10.1 Å². The van der Waals surface area contributed by atoms with Gasteiger partial charge in [-0.15, -0.1) is 11.3 Å². The molecule has 7 heteroatoms. The maximum Gasteiger partial charge on any atom is 0.271 e. The Morgan fingerprint density at radius 3 is 2.50 bits per heavy atom. The summed E-state index contributed by atoms with van der Waals surface area (Å²) in [4.78, 5) is 13.3. The first kappa shape index (κ1) is 13.5. The van der Waals surface area contributed by atoms with Crippen LogP contribution in [0.25, 0.3) is 0 Å². The number of thiophene rings is 1. The van der Waals surface area contributed by atoms with Gasteiger partial charge in [0.15, 0.2) is 0 Å². The van der Waals surface area contributed by atoms with Gasteiger partial charge in [-0.3, -0.25) is 4.79 Å². The molecule has 0 saturated carbocycles. The van der Waals surface area contributed by atoms with E-state index in [1.54, 1.807) is 14.0 Å². The van der Waals surface area contributed by atoms with Gasteiger partial charge in [0.05, 0.1) is 5.56 Å². The van der Waals surface area contributed by atoms with Crippen LogP contribution < -0.4 is 0 Å². The highest BCUT2D eigenvalue weighted by atomic mass is 35.7. The van der Waals surface area contributed by atoms with Crippen molar-refractivity contribution in [1.29, 1.82) is 0 Å². The lowest BCUT2D eigenvalue weighted by Crippen LogP contribution is -2.26. The molecule has 16 heavy (non-hydrogen) atoms. The number of hydrogen-bond donors (Lipinski definition) is 0. The van der Waals surface area contributed by atoms with Crippen LogP contribution in [0.2, 0.25) is 0 Å².